The van der Waals surface area contributed by atoms with Crippen molar-refractivity contribution in [2.75, 3.05) is 0 Å². The monoisotopic (exact) mass is 595 g/mol. The number of rotatable bonds is 3. The van der Waals surface area contributed by atoms with E-state index in [9.17, 15) is 0 Å². The quantitative estimate of drug-likeness (QED) is 0.196. The van der Waals surface area contributed by atoms with Crippen molar-refractivity contribution in [3.8, 4) is 33.4 Å². The van der Waals surface area contributed by atoms with Crippen molar-refractivity contribution in [3.63, 3.8) is 0 Å². The lowest BCUT2D eigenvalue weighted by Gasteiger charge is -2.18. The SMILES string of the molecule is c1cc(-c2ccc3ccccc3c2)cc(-c2c3ccccc3c(-c3ccc4c(c3)[nH]c3c5ccccc5ccc43)c3ccccc23)c1. The first kappa shape index (κ1) is 26.1. The van der Waals surface area contributed by atoms with E-state index in [-0.39, 0.29) is 0 Å². The third-order valence-electron chi connectivity index (χ3n) is 9.95. The molecule has 0 radical (unpaired) electrons. The summed E-state index contributed by atoms with van der Waals surface area (Å²) in [7, 11) is 0. The highest BCUT2D eigenvalue weighted by molar-refractivity contribution is 6.23. The zero-order valence-electron chi connectivity index (χ0n) is 25.7. The van der Waals surface area contributed by atoms with Crippen LogP contribution >= 0.6 is 0 Å². The van der Waals surface area contributed by atoms with Gasteiger partial charge < -0.3 is 4.98 Å². The lowest BCUT2D eigenvalue weighted by molar-refractivity contribution is 1.56. The Balaban J connectivity index is 1.20. The average molecular weight is 596 g/mol. The summed E-state index contributed by atoms with van der Waals surface area (Å²) in [5.41, 5.74) is 9.82. The van der Waals surface area contributed by atoms with Crippen molar-refractivity contribution in [2.24, 2.45) is 0 Å². The van der Waals surface area contributed by atoms with Crippen LogP contribution in [0.4, 0.5) is 0 Å². The van der Waals surface area contributed by atoms with Gasteiger partial charge in [0.1, 0.15) is 0 Å². The Morgan fingerprint density at radius 1 is 0.277 bits per heavy atom. The molecule has 9 aromatic carbocycles. The van der Waals surface area contributed by atoms with Gasteiger partial charge in [-0.1, -0.05) is 152 Å². The molecule has 1 N–H and O–H groups in total. The minimum atomic E-state index is 1.16. The van der Waals surface area contributed by atoms with Gasteiger partial charge in [-0.15, -0.1) is 0 Å². The van der Waals surface area contributed by atoms with Crippen LogP contribution in [-0.4, -0.2) is 4.98 Å². The first-order valence-electron chi connectivity index (χ1n) is 16.3. The zero-order chi connectivity index (χ0) is 30.9. The maximum Gasteiger partial charge on any atom is 0.0544 e. The molecule has 10 rings (SSSR count). The number of hydrogen-bond donors (Lipinski definition) is 1. The van der Waals surface area contributed by atoms with Gasteiger partial charge in [-0.05, 0) is 89.3 Å². The standard InChI is InChI=1S/C46H29N/c1-2-12-31-26-33(21-20-29(31)10-1)32-13-9-14-34(27-32)44-38-16-5-7-18-40(38)45(41-19-8-6-17-39(41)44)35-23-24-37-42-25-22-30-11-3-4-15-36(30)46(42)47-43(37)28-35/h1-28,47H. The van der Waals surface area contributed by atoms with Crippen LogP contribution in [0.2, 0.25) is 0 Å². The van der Waals surface area contributed by atoms with E-state index < -0.39 is 0 Å². The van der Waals surface area contributed by atoms with E-state index >= 15 is 0 Å². The number of hydrogen-bond acceptors (Lipinski definition) is 0. The first-order valence-corrected chi connectivity index (χ1v) is 16.3. The Labute approximate surface area is 272 Å². The number of benzene rings is 9. The van der Waals surface area contributed by atoms with Gasteiger partial charge >= 0.3 is 0 Å². The summed E-state index contributed by atoms with van der Waals surface area (Å²) < 4.78 is 0. The molecule has 0 atom stereocenters. The Kier molecular flexibility index (Phi) is 5.64. The van der Waals surface area contributed by atoms with Crippen LogP contribution in [0.3, 0.4) is 0 Å². The van der Waals surface area contributed by atoms with Crippen LogP contribution in [0, 0.1) is 0 Å². The lowest BCUT2D eigenvalue weighted by atomic mass is 9.85. The zero-order valence-corrected chi connectivity index (χ0v) is 25.7. The molecule has 1 nitrogen and oxygen atoms in total. The number of aromatic amines is 1. The fourth-order valence-corrected chi connectivity index (χ4v) is 7.78. The molecule has 1 heterocycles. The lowest BCUT2D eigenvalue weighted by Crippen LogP contribution is -1.91. The van der Waals surface area contributed by atoms with Crippen molar-refractivity contribution in [1.82, 2.24) is 4.98 Å². The Morgan fingerprint density at radius 2 is 0.787 bits per heavy atom. The van der Waals surface area contributed by atoms with Crippen molar-refractivity contribution < 1.29 is 0 Å². The molecule has 10 aromatic rings. The topological polar surface area (TPSA) is 15.8 Å². The molecule has 0 aliphatic carbocycles. The normalized spacial score (nSPS) is 11.8. The molecule has 1 aromatic heterocycles. The fourth-order valence-electron chi connectivity index (χ4n) is 7.78. The molecule has 47 heavy (non-hydrogen) atoms. The average Bonchev–Trinajstić information content (AvgIpc) is 3.52. The van der Waals surface area contributed by atoms with Crippen LogP contribution in [-0.2, 0) is 0 Å². The van der Waals surface area contributed by atoms with E-state index in [1.807, 2.05) is 0 Å². The maximum atomic E-state index is 3.80. The third-order valence-corrected chi connectivity index (χ3v) is 9.95. The molecule has 0 saturated heterocycles. The number of fused-ring (bicyclic) bond motifs is 8. The summed E-state index contributed by atoms with van der Waals surface area (Å²) in [6.07, 6.45) is 0. The number of aromatic nitrogens is 1. The summed E-state index contributed by atoms with van der Waals surface area (Å²) >= 11 is 0. The van der Waals surface area contributed by atoms with E-state index in [1.54, 1.807) is 0 Å². The first-order chi connectivity index (χ1) is 23.3. The summed E-state index contributed by atoms with van der Waals surface area (Å²) in [5.74, 6) is 0. The van der Waals surface area contributed by atoms with Crippen LogP contribution < -0.4 is 0 Å². The molecule has 0 unspecified atom stereocenters. The van der Waals surface area contributed by atoms with Crippen molar-refractivity contribution in [2.45, 2.75) is 0 Å². The second kappa shape index (κ2) is 10.2. The highest BCUT2D eigenvalue weighted by atomic mass is 14.7. The van der Waals surface area contributed by atoms with E-state index in [4.69, 9.17) is 0 Å². The fraction of sp³-hybridized carbons (Fsp3) is 0. The highest BCUT2D eigenvalue weighted by Crippen LogP contribution is 2.45. The molecule has 0 aliphatic heterocycles. The predicted octanol–water partition coefficient (Wildman–Crippen LogP) is 12.9. The number of nitrogens with one attached hydrogen (secondary N) is 1. The molecule has 1 heteroatoms. The van der Waals surface area contributed by atoms with Gasteiger partial charge in [-0.2, -0.15) is 0 Å². The van der Waals surface area contributed by atoms with E-state index in [0.717, 1.165) is 5.52 Å². The molecule has 0 aliphatic rings. The van der Waals surface area contributed by atoms with E-state index in [0.29, 0.717) is 0 Å². The molecule has 218 valence electrons. The molecule has 0 saturated carbocycles. The van der Waals surface area contributed by atoms with Crippen molar-refractivity contribution in [3.05, 3.63) is 170 Å². The van der Waals surface area contributed by atoms with Gasteiger partial charge in [0.05, 0.1) is 5.52 Å². The summed E-state index contributed by atoms with van der Waals surface area (Å²) in [5, 5.41) is 12.6. The summed E-state index contributed by atoms with van der Waals surface area (Å²) in [6.45, 7) is 0. The van der Waals surface area contributed by atoms with Crippen LogP contribution in [0.25, 0.3) is 98.3 Å². The molecule has 0 amide bonds. The Morgan fingerprint density at radius 3 is 1.51 bits per heavy atom. The van der Waals surface area contributed by atoms with Gasteiger partial charge in [0.25, 0.3) is 0 Å². The minimum Gasteiger partial charge on any atom is -0.354 e. The Hall–Kier alpha value is -6.18. The summed E-state index contributed by atoms with van der Waals surface area (Å²) in [6, 6.07) is 62.3. The van der Waals surface area contributed by atoms with Crippen LogP contribution in [0.15, 0.2) is 170 Å². The molecule has 0 bridgehead atoms. The molecule has 0 fully saturated rings. The van der Waals surface area contributed by atoms with Crippen LogP contribution in [0.5, 0.6) is 0 Å². The smallest absolute Gasteiger partial charge is 0.0544 e. The second-order valence-electron chi connectivity index (χ2n) is 12.6. The van der Waals surface area contributed by atoms with Gasteiger partial charge in [-0.25, -0.2) is 0 Å². The minimum absolute atomic E-state index is 1.16. The largest absolute Gasteiger partial charge is 0.354 e. The Bertz CT molecular complexity index is 2800. The van der Waals surface area contributed by atoms with Crippen LogP contribution in [0.1, 0.15) is 0 Å². The van der Waals surface area contributed by atoms with Gasteiger partial charge in [0.2, 0.25) is 0 Å². The third kappa shape index (κ3) is 4.03. The number of H-pyrrole nitrogens is 1. The van der Waals surface area contributed by atoms with Crippen molar-refractivity contribution >= 4 is 64.9 Å². The molecular formula is C46H29N. The van der Waals surface area contributed by atoms with Gasteiger partial charge in [0, 0.05) is 21.7 Å². The molecular weight excluding hydrogens is 567 g/mol. The van der Waals surface area contributed by atoms with Gasteiger partial charge in [-0.3, -0.25) is 0 Å². The van der Waals surface area contributed by atoms with Gasteiger partial charge in [0.15, 0.2) is 0 Å². The summed E-state index contributed by atoms with van der Waals surface area (Å²) in [4.78, 5) is 3.80. The predicted molar refractivity (Wildman–Crippen MR) is 202 cm³/mol. The van der Waals surface area contributed by atoms with Crippen molar-refractivity contribution in [1.29, 1.82) is 0 Å². The highest BCUT2D eigenvalue weighted by Gasteiger charge is 2.18. The van der Waals surface area contributed by atoms with E-state index in [2.05, 4.69) is 175 Å². The second-order valence-corrected chi connectivity index (χ2v) is 12.6. The molecule has 0 spiro atoms. The van der Waals surface area contributed by atoms with E-state index in [1.165, 1.54) is 92.8 Å². The maximum absolute atomic E-state index is 3.80.